The predicted octanol–water partition coefficient (Wildman–Crippen LogP) is 1.84. The topological polar surface area (TPSA) is 135 Å². The molecule has 0 aliphatic carbocycles. The minimum Gasteiger partial charge on any atom is -0.507 e. The Morgan fingerprint density at radius 3 is 2.62 bits per heavy atom. The van der Waals surface area contributed by atoms with Gasteiger partial charge in [-0.25, -0.2) is 9.59 Å². The van der Waals surface area contributed by atoms with Crippen LogP contribution in [0, 0.1) is 0 Å². The lowest BCUT2D eigenvalue weighted by atomic mass is 10.1. The molecule has 0 fully saturated rings. The van der Waals surface area contributed by atoms with Gasteiger partial charge in [0.25, 0.3) is 5.91 Å². The van der Waals surface area contributed by atoms with Crippen LogP contribution in [0.3, 0.4) is 0 Å². The number of halogens is 1. The maximum Gasteiger partial charge on any atom is 0.349 e. The molecule has 1 atom stereocenters. The van der Waals surface area contributed by atoms with E-state index in [1.54, 1.807) is 13.8 Å². The molecule has 2 rings (SSSR count). The van der Waals surface area contributed by atoms with Crippen molar-refractivity contribution in [3.8, 4) is 5.75 Å². The van der Waals surface area contributed by atoms with Crippen LogP contribution in [0.15, 0.2) is 31.9 Å². The number of aromatic hydroxyl groups is 1. The number of hydrogen-bond acceptors (Lipinski definition) is 7. The molecule has 0 bridgehead atoms. The zero-order valence-corrected chi connectivity index (χ0v) is 17.5. The molecule has 0 saturated heterocycles. The first kappa shape index (κ1) is 22.4. The third-order valence-electron chi connectivity index (χ3n) is 3.96. The highest BCUT2D eigenvalue weighted by Gasteiger charge is 2.25. The highest BCUT2D eigenvalue weighted by atomic mass is 79.9. The van der Waals surface area contributed by atoms with Crippen molar-refractivity contribution in [2.24, 2.45) is 0 Å². The molecule has 0 aliphatic rings. The third-order valence-corrected chi connectivity index (χ3v) is 4.59. The molecule has 0 spiro atoms. The Hall–Kier alpha value is -2.88. The normalized spacial score (nSPS) is 11.7. The van der Waals surface area contributed by atoms with Gasteiger partial charge in [0.2, 0.25) is 5.91 Å². The Morgan fingerprint density at radius 1 is 1.24 bits per heavy atom. The molecule has 29 heavy (non-hydrogen) atoms. The number of hydrogen-bond donors (Lipinski definition) is 3. The summed E-state index contributed by atoms with van der Waals surface area (Å²) in [6, 6.07) is 2.93. The van der Waals surface area contributed by atoms with E-state index >= 15 is 0 Å². The van der Waals surface area contributed by atoms with E-state index in [0.29, 0.717) is 16.4 Å². The van der Waals surface area contributed by atoms with E-state index in [1.807, 2.05) is 0 Å². The summed E-state index contributed by atoms with van der Waals surface area (Å²) in [5.74, 6) is -1.93. The Kier molecular flexibility index (Phi) is 7.77. The maximum absolute atomic E-state index is 12.6. The lowest BCUT2D eigenvalue weighted by Gasteiger charge is -2.17. The van der Waals surface area contributed by atoms with Crippen molar-refractivity contribution in [3.05, 3.63) is 38.7 Å². The highest BCUT2D eigenvalue weighted by molar-refractivity contribution is 9.10. The lowest BCUT2D eigenvalue weighted by Crippen LogP contribution is -2.43. The Labute approximate surface area is 174 Å². The number of carbonyl (C=O) groups excluding carboxylic acids is 3. The first-order valence-corrected chi connectivity index (χ1v) is 9.76. The Morgan fingerprint density at radius 2 is 1.97 bits per heavy atom. The summed E-state index contributed by atoms with van der Waals surface area (Å²) < 4.78 is 10.4. The average molecular weight is 469 g/mol. The fourth-order valence-corrected chi connectivity index (χ4v) is 2.94. The number of nitrogens with one attached hydrogen (secondary N) is 2. The summed E-state index contributed by atoms with van der Waals surface area (Å²) >= 11 is 3.15. The van der Waals surface area contributed by atoms with Gasteiger partial charge in [0.1, 0.15) is 22.9 Å². The SMILES string of the molecule is CCNC(=O)CC[C@H](NC(=O)c1cc2cc(Br)c(O)cc2oc1=O)C(=O)OCC. The van der Waals surface area contributed by atoms with Gasteiger partial charge in [-0.2, -0.15) is 0 Å². The van der Waals surface area contributed by atoms with Crippen LogP contribution in [0.2, 0.25) is 0 Å². The van der Waals surface area contributed by atoms with Gasteiger partial charge < -0.3 is 24.9 Å². The van der Waals surface area contributed by atoms with E-state index in [9.17, 15) is 24.3 Å². The number of rotatable bonds is 8. The fourth-order valence-electron chi connectivity index (χ4n) is 2.58. The molecule has 0 radical (unpaired) electrons. The molecule has 2 aromatic rings. The van der Waals surface area contributed by atoms with E-state index in [4.69, 9.17) is 9.15 Å². The lowest BCUT2D eigenvalue weighted by molar-refractivity contribution is -0.145. The molecule has 3 N–H and O–H groups in total. The van der Waals surface area contributed by atoms with Crippen LogP contribution in [-0.4, -0.2) is 42.1 Å². The molecule has 1 heterocycles. The zero-order chi connectivity index (χ0) is 21.6. The number of benzene rings is 1. The molecule has 9 nitrogen and oxygen atoms in total. The van der Waals surface area contributed by atoms with Crippen LogP contribution in [0.5, 0.6) is 5.75 Å². The second-order valence-electron chi connectivity index (χ2n) is 6.06. The van der Waals surface area contributed by atoms with Gasteiger partial charge in [-0.1, -0.05) is 0 Å². The largest absolute Gasteiger partial charge is 0.507 e. The average Bonchev–Trinajstić information content (AvgIpc) is 2.66. The summed E-state index contributed by atoms with van der Waals surface area (Å²) in [5.41, 5.74) is -1.14. The molecule has 1 aromatic carbocycles. The first-order valence-electron chi connectivity index (χ1n) is 8.97. The summed E-state index contributed by atoms with van der Waals surface area (Å²) in [6.07, 6.45) is 0.00486. The summed E-state index contributed by atoms with van der Waals surface area (Å²) in [6.45, 7) is 3.92. The number of phenolic OH excluding ortho intramolecular Hbond substituents is 1. The van der Waals surface area contributed by atoms with E-state index < -0.39 is 23.5 Å². The van der Waals surface area contributed by atoms with Crippen molar-refractivity contribution >= 4 is 44.7 Å². The van der Waals surface area contributed by atoms with E-state index in [0.717, 1.165) is 0 Å². The second kappa shape index (κ2) is 10.1. The van der Waals surface area contributed by atoms with Gasteiger partial charge in [0, 0.05) is 24.4 Å². The monoisotopic (exact) mass is 468 g/mol. The van der Waals surface area contributed by atoms with Gasteiger partial charge in [-0.15, -0.1) is 0 Å². The van der Waals surface area contributed by atoms with Crippen LogP contribution in [0.4, 0.5) is 0 Å². The minimum absolute atomic E-state index is 0.00382. The predicted molar refractivity (Wildman–Crippen MR) is 108 cm³/mol. The molecule has 10 heteroatoms. The molecule has 0 aliphatic heterocycles. The van der Waals surface area contributed by atoms with Gasteiger partial charge in [0.15, 0.2) is 0 Å². The fraction of sp³-hybridized carbons (Fsp3) is 0.368. The van der Waals surface area contributed by atoms with Gasteiger partial charge in [-0.3, -0.25) is 9.59 Å². The van der Waals surface area contributed by atoms with Crippen molar-refractivity contribution in [2.75, 3.05) is 13.2 Å². The maximum atomic E-state index is 12.6. The Balaban J connectivity index is 2.26. The molecule has 2 amide bonds. The number of phenols is 1. The smallest absolute Gasteiger partial charge is 0.349 e. The van der Waals surface area contributed by atoms with Gasteiger partial charge in [-0.05, 0) is 48.3 Å². The standard InChI is InChI=1S/C19H21BrN2O7/c1-3-21-16(24)6-5-13(19(27)28-4-2)22-17(25)11-7-10-8-12(20)14(23)9-15(10)29-18(11)26/h7-9,13,23H,3-6H2,1-2H3,(H,21,24)(H,22,25)/t13-/m0/s1. The number of amides is 2. The van der Waals surface area contributed by atoms with Crippen LogP contribution >= 0.6 is 15.9 Å². The van der Waals surface area contributed by atoms with Gasteiger partial charge >= 0.3 is 11.6 Å². The van der Waals surface area contributed by atoms with Crippen LogP contribution in [0.1, 0.15) is 37.0 Å². The van der Waals surface area contributed by atoms with Crippen molar-refractivity contribution in [3.63, 3.8) is 0 Å². The summed E-state index contributed by atoms with van der Waals surface area (Å²) in [4.78, 5) is 48.6. The molecule has 1 aromatic heterocycles. The molecule has 156 valence electrons. The summed E-state index contributed by atoms with van der Waals surface area (Å²) in [5, 5.41) is 15.1. The van der Waals surface area contributed by atoms with Crippen LogP contribution < -0.4 is 16.3 Å². The quantitative estimate of drug-likeness (QED) is 0.397. The van der Waals surface area contributed by atoms with Crippen molar-refractivity contribution in [1.82, 2.24) is 10.6 Å². The van der Waals surface area contributed by atoms with Crippen LogP contribution in [0.25, 0.3) is 11.0 Å². The number of carbonyl (C=O) groups is 3. The van der Waals surface area contributed by atoms with E-state index in [2.05, 4.69) is 26.6 Å². The number of fused-ring (bicyclic) bond motifs is 1. The van der Waals surface area contributed by atoms with Crippen molar-refractivity contribution in [2.45, 2.75) is 32.7 Å². The molecule has 0 unspecified atom stereocenters. The first-order chi connectivity index (χ1) is 13.8. The molecular formula is C19H21BrN2O7. The highest BCUT2D eigenvalue weighted by Crippen LogP contribution is 2.29. The molecule has 0 saturated carbocycles. The van der Waals surface area contributed by atoms with E-state index in [1.165, 1.54) is 18.2 Å². The zero-order valence-electron chi connectivity index (χ0n) is 15.9. The van der Waals surface area contributed by atoms with Crippen molar-refractivity contribution in [1.29, 1.82) is 0 Å². The number of ether oxygens (including phenoxy) is 1. The number of esters is 1. The van der Waals surface area contributed by atoms with E-state index in [-0.39, 0.29) is 42.3 Å². The Bertz CT molecular complexity index is 986. The summed E-state index contributed by atoms with van der Waals surface area (Å²) in [7, 11) is 0. The van der Waals surface area contributed by atoms with Crippen molar-refractivity contribution < 1.29 is 28.6 Å². The minimum atomic E-state index is -1.10. The third kappa shape index (κ3) is 5.80. The van der Waals surface area contributed by atoms with Gasteiger partial charge in [0.05, 0.1) is 11.1 Å². The second-order valence-corrected chi connectivity index (χ2v) is 6.91. The molecular weight excluding hydrogens is 448 g/mol. The van der Waals surface area contributed by atoms with Crippen LogP contribution in [-0.2, 0) is 14.3 Å².